The van der Waals surface area contributed by atoms with Gasteiger partial charge in [-0.25, -0.2) is 9.59 Å². The molecular formula is C24H22O6. The molecular weight excluding hydrogens is 384 g/mol. The number of carbonyl (C=O) groups excluding carboxylic acids is 1. The summed E-state index contributed by atoms with van der Waals surface area (Å²) in [5.74, 6) is -2.15. The number of rotatable bonds is 9. The van der Waals surface area contributed by atoms with Crippen LogP contribution in [0.1, 0.15) is 16.7 Å². The SMILES string of the molecule is O=C(O)COC(c1ccccc1)(c1ccccc1)C(O)C(=O)OCc1ccccc1. The minimum Gasteiger partial charge on any atom is -0.480 e. The van der Waals surface area contributed by atoms with Crippen molar-refractivity contribution in [3.8, 4) is 0 Å². The Balaban J connectivity index is 2.00. The van der Waals surface area contributed by atoms with E-state index in [1.165, 1.54) is 0 Å². The summed E-state index contributed by atoms with van der Waals surface area (Å²) < 4.78 is 11.1. The highest BCUT2D eigenvalue weighted by molar-refractivity contribution is 5.78. The van der Waals surface area contributed by atoms with Gasteiger partial charge in [0.05, 0.1) is 0 Å². The molecule has 1 unspecified atom stereocenters. The summed E-state index contributed by atoms with van der Waals surface area (Å²) in [5.41, 5.74) is -0.132. The lowest BCUT2D eigenvalue weighted by Crippen LogP contribution is -2.49. The van der Waals surface area contributed by atoms with Crippen molar-refractivity contribution in [2.75, 3.05) is 6.61 Å². The lowest BCUT2D eigenvalue weighted by Gasteiger charge is -2.37. The first kappa shape index (κ1) is 21.2. The zero-order valence-electron chi connectivity index (χ0n) is 16.2. The largest absolute Gasteiger partial charge is 0.480 e. The fourth-order valence-electron chi connectivity index (χ4n) is 3.25. The number of aliphatic hydroxyl groups is 1. The molecule has 0 fully saturated rings. The van der Waals surface area contributed by atoms with Gasteiger partial charge in [0.2, 0.25) is 0 Å². The zero-order chi connectivity index (χ0) is 21.4. The van der Waals surface area contributed by atoms with E-state index in [4.69, 9.17) is 9.47 Å². The van der Waals surface area contributed by atoms with Crippen LogP contribution in [-0.4, -0.2) is 34.9 Å². The van der Waals surface area contributed by atoms with E-state index in [2.05, 4.69) is 0 Å². The normalized spacial score (nSPS) is 12.2. The van der Waals surface area contributed by atoms with Crippen LogP contribution in [0.25, 0.3) is 0 Å². The molecule has 0 aliphatic carbocycles. The van der Waals surface area contributed by atoms with Gasteiger partial charge < -0.3 is 19.7 Å². The molecule has 3 rings (SSSR count). The van der Waals surface area contributed by atoms with E-state index < -0.39 is 30.3 Å². The minimum absolute atomic E-state index is 0.0324. The molecule has 0 bridgehead atoms. The average molecular weight is 406 g/mol. The summed E-state index contributed by atoms with van der Waals surface area (Å²) in [4.78, 5) is 24.1. The fraction of sp³-hybridized carbons (Fsp3) is 0.167. The molecule has 3 aromatic carbocycles. The molecule has 2 N–H and O–H groups in total. The van der Waals surface area contributed by atoms with Crippen LogP contribution >= 0.6 is 0 Å². The molecule has 0 aliphatic rings. The number of benzene rings is 3. The molecule has 6 nitrogen and oxygen atoms in total. The Morgan fingerprint density at radius 2 is 1.27 bits per heavy atom. The molecule has 0 radical (unpaired) electrons. The van der Waals surface area contributed by atoms with Gasteiger partial charge in [-0.3, -0.25) is 0 Å². The Kier molecular flexibility index (Phi) is 6.95. The first-order valence-corrected chi connectivity index (χ1v) is 9.39. The van der Waals surface area contributed by atoms with Gasteiger partial charge in [-0.15, -0.1) is 0 Å². The molecule has 0 heterocycles. The van der Waals surface area contributed by atoms with Gasteiger partial charge in [-0.2, -0.15) is 0 Å². The average Bonchev–Trinajstić information content (AvgIpc) is 2.79. The molecule has 1 atom stereocenters. The molecule has 0 aromatic heterocycles. The number of hydrogen-bond donors (Lipinski definition) is 2. The van der Waals surface area contributed by atoms with Crippen LogP contribution in [0.2, 0.25) is 0 Å². The smallest absolute Gasteiger partial charge is 0.339 e. The van der Waals surface area contributed by atoms with Crippen molar-refractivity contribution < 1.29 is 29.3 Å². The van der Waals surface area contributed by atoms with Gasteiger partial charge in [0, 0.05) is 0 Å². The molecule has 0 aliphatic heterocycles. The summed E-state index contributed by atoms with van der Waals surface area (Å²) in [5, 5.41) is 20.4. The molecule has 0 spiro atoms. The third kappa shape index (κ3) is 4.74. The lowest BCUT2D eigenvalue weighted by atomic mass is 9.81. The van der Waals surface area contributed by atoms with E-state index in [0.29, 0.717) is 11.1 Å². The van der Waals surface area contributed by atoms with Gasteiger partial charge in [0.25, 0.3) is 0 Å². The number of aliphatic carboxylic acids is 1. The van der Waals surface area contributed by atoms with Crippen molar-refractivity contribution in [3.63, 3.8) is 0 Å². The summed E-state index contributed by atoms with van der Waals surface area (Å²) >= 11 is 0. The topological polar surface area (TPSA) is 93.1 Å². The van der Waals surface area contributed by atoms with Crippen LogP contribution in [0.3, 0.4) is 0 Å². The lowest BCUT2D eigenvalue weighted by molar-refractivity contribution is -0.179. The highest BCUT2D eigenvalue weighted by atomic mass is 16.6. The number of aliphatic hydroxyl groups excluding tert-OH is 1. The third-order valence-corrected chi connectivity index (χ3v) is 4.66. The van der Waals surface area contributed by atoms with Gasteiger partial charge >= 0.3 is 11.9 Å². The van der Waals surface area contributed by atoms with Crippen LogP contribution in [0.4, 0.5) is 0 Å². The summed E-state index contributed by atoms with van der Waals surface area (Å²) in [6, 6.07) is 26.2. The fourth-order valence-corrected chi connectivity index (χ4v) is 3.25. The van der Waals surface area contributed by atoms with Crippen LogP contribution in [0.15, 0.2) is 91.0 Å². The molecule has 3 aromatic rings. The first-order valence-electron chi connectivity index (χ1n) is 9.39. The standard InChI is InChI=1S/C24H22O6/c25-21(26)17-30-24(19-12-6-2-7-13-19,20-14-8-3-9-15-20)22(27)23(28)29-16-18-10-4-1-5-11-18/h1-15,22,27H,16-17H2,(H,25,26). The Labute approximate surface area is 174 Å². The Bertz CT molecular complexity index is 917. The van der Waals surface area contributed by atoms with Gasteiger partial charge in [-0.05, 0) is 16.7 Å². The molecule has 0 saturated carbocycles. The van der Waals surface area contributed by atoms with Crippen LogP contribution in [0.5, 0.6) is 0 Å². The second kappa shape index (κ2) is 9.82. The predicted molar refractivity (Wildman–Crippen MR) is 109 cm³/mol. The quantitative estimate of drug-likeness (QED) is 0.531. The summed E-state index contributed by atoms with van der Waals surface area (Å²) in [6.45, 7) is -0.748. The van der Waals surface area contributed by atoms with E-state index in [-0.39, 0.29) is 6.61 Å². The highest BCUT2D eigenvalue weighted by Gasteiger charge is 2.48. The summed E-state index contributed by atoms with van der Waals surface area (Å²) in [6.07, 6.45) is -1.80. The van der Waals surface area contributed by atoms with E-state index in [1.54, 1.807) is 72.8 Å². The van der Waals surface area contributed by atoms with E-state index in [0.717, 1.165) is 5.56 Å². The second-order valence-electron chi connectivity index (χ2n) is 6.65. The third-order valence-electron chi connectivity index (χ3n) is 4.66. The van der Waals surface area contributed by atoms with Crippen LogP contribution in [0, 0.1) is 0 Å². The minimum atomic E-state index is -1.80. The number of carbonyl (C=O) groups is 2. The monoisotopic (exact) mass is 406 g/mol. The van der Waals surface area contributed by atoms with Gasteiger partial charge in [-0.1, -0.05) is 91.0 Å². The maximum atomic E-state index is 12.9. The van der Waals surface area contributed by atoms with Crippen LogP contribution < -0.4 is 0 Å². The Hall–Kier alpha value is -3.48. The van der Waals surface area contributed by atoms with Crippen molar-refractivity contribution in [2.45, 2.75) is 18.3 Å². The maximum Gasteiger partial charge on any atom is 0.339 e. The zero-order valence-corrected chi connectivity index (χ0v) is 16.2. The first-order chi connectivity index (χ1) is 14.5. The molecule has 154 valence electrons. The van der Waals surface area contributed by atoms with Gasteiger partial charge in [0.1, 0.15) is 13.2 Å². The Morgan fingerprint density at radius 1 is 0.800 bits per heavy atom. The summed E-state index contributed by atoms with van der Waals surface area (Å²) in [7, 11) is 0. The van der Waals surface area contributed by atoms with E-state index in [9.17, 15) is 19.8 Å². The Morgan fingerprint density at radius 3 is 1.73 bits per heavy atom. The van der Waals surface area contributed by atoms with E-state index in [1.807, 2.05) is 18.2 Å². The van der Waals surface area contributed by atoms with Crippen molar-refractivity contribution in [1.82, 2.24) is 0 Å². The van der Waals surface area contributed by atoms with Gasteiger partial charge in [0.15, 0.2) is 11.7 Å². The number of hydrogen-bond acceptors (Lipinski definition) is 5. The number of esters is 1. The highest BCUT2D eigenvalue weighted by Crippen LogP contribution is 2.38. The van der Waals surface area contributed by atoms with Crippen molar-refractivity contribution in [3.05, 3.63) is 108 Å². The molecule has 6 heteroatoms. The van der Waals surface area contributed by atoms with Crippen molar-refractivity contribution in [1.29, 1.82) is 0 Å². The van der Waals surface area contributed by atoms with Crippen molar-refractivity contribution in [2.24, 2.45) is 0 Å². The predicted octanol–water partition coefficient (Wildman–Crippen LogP) is 3.14. The van der Waals surface area contributed by atoms with Crippen LogP contribution in [-0.2, 0) is 31.3 Å². The van der Waals surface area contributed by atoms with Crippen molar-refractivity contribution >= 4 is 11.9 Å². The maximum absolute atomic E-state index is 12.9. The van der Waals surface area contributed by atoms with E-state index >= 15 is 0 Å². The number of ether oxygens (including phenoxy) is 2. The second-order valence-corrected chi connectivity index (χ2v) is 6.65. The number of carboxylic acids is 1. The number of carboxylic acid groups (broad SMARTS) is 1. The molecule has 30 heavy (non-hydrogen) atoms. The molecule has 0 amide bonds. The molecule has 0 saturated heterocycles.